The molecule has 0 saturated carbocycles. The molecule has 2 rings (SSSR count). The molecule has 1 aromatic rings. The van der Waals surface area contributed by atoms with Gasteiger partial charge in [-0.1, -0.05) is 19.8 Å². The van der Waals surface area contributed by atoms with Crippen molar-refractivity contribution in [1.29, 1.82) is 0 Å². The van der Waals surface area contributed by atoms with Gasteiger partial charge >= 0.3 is 0 Å². The molecule has 1 aliphatic rings. The van der Waals surface area contributed by atoms with E-state index in [9.17, 15) is 0 Å². The molecule has 0 bridgehead atoms. The second-order valence-electron chi connectivity index (χ2n) is 5.02. The SMILES string of the molecule is CCC(N)C(c1ccsc1)N1CCCCCC1. The first kappa shape index (κ1) is 13.1. The summed E-state index contributed by atoms with van der Waals surface area (Å²) in [5.41, 5.74) is 7.78. The van der Waals surface area contributed by atoms with Crippen LogP contribution in [0, 0.1) is 0 Å². The molecule has 2 atom stereocenters. The summed E-state index contributed by atoms with van der Waals surface area (Å²) in [4.78, 5) is 2.61. The van der Waals surface area contributed by atoms with Gasteiger partial charge in [0.2, 0.25) is 0 Å². The lowest BCUT2D eigenvalue weighted by Gasteiger charge is -2.34. The van der Waals surface area contributed by atoms with Crippen LogP contribution in [0.15, 0.2) is 16.8 Å². The molecule has 0 radical (unpaired) electrons. The van der Waals surface area contributed by atoms with Crippen LogP contribution in [0.2, 0.25) is 0 Å². The van der Waals surface area contributed by atoms with Crippen molar-refractivity contribution < 1.29 is 0 Å². The Hall–Kier alpha value is -0.380. The molecule has 0 aromatic carbocycles. The van der Waals surface area contributed by atoms with E-state index in [2.05, 4.69) is 28.7 Å². The summed E-state index contributed by atoms with van der Waals surface area (Å²) in [5, 5.41) is 4.44. The van der Waals surface area contributed by atoms with Crippen LogP contribution in [-0.4, -0.2) is 24.0 Å². The zero-order chi connectivity index (χ0) is 12.1. The van der Waals surface area contributed by atoms with Crippen LogP contribution in [0.4, 0.5) is 0 Å². The lowest BCUT2D eigenvalue weighted by Crippen LogP contribution is -2.41. The van der Waals surface area contributed by atoms with Gasteiger partial charge in [-0.25, -0.2) is 0 Å². The smallest absolute Gasteiger partial charge is 0.0507 e. The quantitative estimate of drug-likeness (QED) is 0.890. The molecule has 1 saturated heterocycles. The monoisotopic (exact) mass is 252 g/mol. The van der Waals surface area contributed by atoms with E-state index in [-0.39, 0.29) is 6.04 Å². The normalized spacial score (nSPS) is 22.0. The van der Waals surface area contributed by atoms with Gasteiger partial charge < -0.3 is 5.73 Å². The molecule has 2 heterocycles. The third kappa shape index (κ3) is 3.30. The zero-order valence-corrected chi connectivity index (χ0v) is 11.6. The van der Waals surface area contributed by atoms with Crippen LogP contribution in [0.1, 0.15) is 50.6 Å². The maximum absolute atomic E-state index is 6.35. The van der Waals surface area contributed by atoms with Gasteiger partial charge in [-0.3, -0.25) is 4.90 Å². The average Bonchev–Trinajstić information content (AvgIpc) is 2.73. The first-order chi connectivity index (χ1) is 8.33. The lowest BCUT2D eigenvalue weighted by molar-refractivity contribution is 0.176. The summed E-state index contributed by atoms with van der Waals surface area (Å²) in [6.45, 7) is 4.63. The molecule has 0 aliphatic carbocycles. The maximum Gasteiger partial charge on any atom is 0.0507 e. The molecular formula is C14H24N2S. The second kappa shape index (κ2) is 6.53. The van der Waals surface area contributed by atoms with Gasteiger partial charge in [-0.15, -0.1) is 0 Å². The van der Waals surface area contributed by atoms with Crippen LogP contribution >= 0.6 is 11.3 Å². The van der Waals surface area contributed by atoms with E-state index in [4.69, 9.17) is 5.73 Å². The Morgan fingerprint density at radius 3 is 2.53 bits per heavy atom. The Morgan fingerprint density at radius 2 is 2.00 bits per heavy atom. The van der Waals surface area contributed by atoms with E-state index < -0.39 is 0 Å². The van der Waals surface area contributed by atoms with Gasteiger partial charge in [0.05, 0.1) is 6.04 Å². The molecule has 2 nitrogen and oxygen atoms in total. The highest BCUT2D eigenvalue weighted by Gasteiger charge is 2.26. The molecule has 0 amide bonds. The fraction of sp³-hybridized carbons (Fsp3) is 0.714. The van der Waals surface area contributed by atoms with Crippen LogP contribution in [0.25, 0.3) is 0 Å². The molecule has 17 heavy (non-hydrogen) atoms. The van der Waals surface area contributed by atoms with Crippen molar-refractivity contribution >= 4 is 11.3 Å². The van der Waals surface area contributed by atoms with Crippen molar-refractivity contribution in [3.63, 3.8) is 0 Å². The van der Waals surface area contributed by atoms with E-state index in [1.165, 1.54) is 44.3 Å². The van der Waals surface area contributed by atoms with Crippen molar-refractivity contribution in [2.24, 2.45) is 5.73 Å². The minimum Gasteiger partial charge on any atom is -0.326 e. The number of hydrogen-bond acceptors (Lipinski definition) is 3. The predicted octanol–water partition coefficient (Wildman–Crippen LogP) is 3.40. The Labute approximate surface area is 109 Å². The number of rotatable bonds is 4. The Balaban J connectivity index is 2.14. The highest BCUT2D eigenvalue weighted by atomic mass is 32.1. The molecule has 0 spiro atoms. The Kier molecular flexibility index (Phi) is 5.01. The average molecular weight is 252 g/mol. The van der Waals surface area contributed by atoms with E-state index >= 15 is 0 Å². The Bertz CT molecular complexity index is 302. The topological polar surface area (TPSA) is 29.3 Å². The van der Waals surface area contributed by atoms with Crippen LogP contribution in [-0.2, 0) is 0 Å². The third-order valence-electron chi connectivity index (χ3n) is 3.80. The zero-order valence-electron chi connectivity index (χ0n) is 10.8. The van der Waals surface area contributed by atoms with Crippen LogP contribution < -0.4 is 5.73 Å². The summed E-state index contributed by atoms with van der Waals surface area (Å²) in [5.74, 6) is 0. The third-order valence-corrected chi connectivity index (χ3v) is 4.50. The molecular weight excluding hydrogens is 228 g/mol. The van der Waals surface area contributed by atoms with Gasteiger partial charge in [-0.05, 0) is 54.7 Å². The van der Waals surface area contributed by atoms with Gasteiger partial charge in [0, 0.05) is 6.04 Å². The summed E-state index contributed by atoms with van der Waals surface area (Å²) in [6, 6.07) is 2.95. The van der Waals surface area contributed by atoms with E-state index in [0.29, 0.717) is 6.04 Å². The fourth-order valence-corrected chi connectivity index (χ4v) is 3.46. The highest BCUT2D eigenvalue weighted by molar-refractivity contribution is 7.07. The summed E-state index contributed by atoms with van der Waals surface area (Å²) in [7, 11) is 0. The van der Waals surface area contributed by atoms with E-state index in [1.807, 2.05) is 0 Å². The fourth-order valence-electron chi connectivity index (χ4n) is 2.77. The van der Waals surface area contributed by atoms with Gasteiger partial charge in [-0.2, -0.15) is 11.3 Å². The number of likely N-dealkylation sites (tertiary alicyclic amines) is 1. The molecule has 3 heteroatoms. The van der Waals surface area contributed by atoms with Gasteiger partial charge in [0.25, 0.3) is 0 Å². The standard InChI is InChI=1S/C14H24N2S/c1-2-13(15)14(12-7-10-17-11-12)16-8-5-3-4-6-9-16/h7,10-11,13-14H,2-6,8-9,15H2,1H3. The van der Waals surface area contributed by atoms with Gasteiger partial charge in [0.1, 0.15) is 0 Å². The number of nitrogens with two attached hydrogens (primary N) is 1. The highest BCUT2D eigenvalue weighted by Crippen LogP contribution is 2.29. The van der Waals surface area contributed by atoms with Crippen molar-refractivity contribution in [3.05, 3.63) is 22.4 Å². The second-order valence-corrected chi connectivity index (χ2v) is 5.80. The number of hydrogen-bond donors (Lipinski definition) is 1. The molecule has 1 aliphatic heterocycles. The lowest BCUT2D eigenvalue weighted by atomic mass is 9.98. The first-order valence-corrected chi connectivity index (χ1v) is 7.79. The Morgan fingerprint density at radius 1 is 1.29 bits per heavy atom. The number of thiophene rings is 1. The predicted molar refractivity (Wildman–Crippen MR) is 75.4 cm³/mol. The minimum atomic E-state index is 0.266. The molecule has 2 unspecified atom stereocenters. The van der Waals surface area contributed by atoms with E-state index in [0.717, 1.165) is 6.42 Å². The minimum absolute atomic E-state index is 0.266. The van der Waals surface area contributed by atoms with Gasteiger partial charge in [0.15, 0.2) is 0 Å². The van der Waals surface area contributed by atoms with Crippen molar-refractivity contribution in [2.75, 3.05) is 13.1 Å². The maximum atomic E-state index is 6.35. The van der Waals surface area contributed by atoms with Crippen LogP contribution in [0.5, 0.6) is 0 Å². The largest absolute Gasteiger partial charge is 0.326 e. The summed E-state index contributed by atoms with van der Waals surface area (Å²) in [6.07, 6.45) is 6.48. The summed E-state index contributed by atoms with van der Waals surface area (Å²) >= 11 is 1.78. The molecule has 1 aromatic heterocycles. The van der Waals surface area contributed by atoms with Crippen LogP contribution in [0.3, 0.4) is 0 Å². The van der Waals surface area contributed by atoms with Crippen molar-refractivity contribution in [3.8, 4) is 0 Å². The van der Waals surface area contributed by atoms with Crippen molar-refractivity contribution in [1.82, 2.24) is 4.90 Å². The van der Waals surface area contributed by atoms with E-state index in [1.54, 1.807) is 11.3 Å². The molecule has 96 valence electrons. The van der Waals surface area contributed by atoms with Crippen molar-refractivity contribution in [2.45, 2.75) is 51.1 Å². The molecule has 1 fully saturated rings. The first-order valence-electron chi connectivity index (χ1n) is 6.84. The molecule has 2 N–H and O–H groups in total. The summed E-state index contributed by atoms with van der Waals surface area (Å²) < 4.78 is 0. The number of nitrogens with zero attached hydrogens (tertiary/aromatic N) is 1.